The molecule has 6 heteroatoms. The normalized spacial score (nSPS) is 10.8. The van der Waals surface area contributed by atoms with Gasteiger partial charge in [0.05, 0.1) is 11.2 Å². The van der Waals surface area contributed by atoms with Crippen molar-refractivity contribution in [3.8, 4) is 11.3 Å². The first kappa shape index (κ1) is 21.6. The number of rotatable bonds is 5. The molecule has 0 aliphatic carbocycles. The Morgan fingerprint density at radius 2 is 1.56 bits per heavy atom. The third kappa shape index (κ3) is 4.47. The Hall–Kier alpha value is -4.22. The van der Waals surface area contributed by atoms with Crippen LogP contribution in [0.1, 0.15) is 10.4 Å². The molecule has 0 unspecified atom stereocenters. The molecule has 1 amide bonds. The number of hydrogen-bond acceptors (Lipinski definition) is 4. The molecule has 1 N–H and O–H groups in total. The number of carbonyl (C=O) groups excluding carboxylic acids is 1. The molecule has 0 aliphatic rings. The van der Waals surface area contributed by atoms with Gasteiger partial charge in [0, 0.05) is 40.0 Å². The van der Waals surface area contributed by atoms with Gasteiger partial charge >= 0.3 is 0 Å². The summed E-state index contributed by atoms with van der Waals surface area (Å²) in [5, 5.41) is 4.77. The predicted molar refractivity (Wildman–Crippen MR) is 139 cm³/mol. The number of halogens is 1. The van der Waals surface area contributed by atoms with Crippen LogP contribution in [0, 0.1) is 0 Å². The Balaban J connectivity index is 1.49. The van der Waals surface area contributed by atoms with Gasteiger partial charge in [-0.05, 0) is 48.5 Å². The lowest BCUT2D eigenvalue weighted by Gasteiger charge is -2.18. The molecule has 0 bridgehead atoms. The maximum atomic E-state index is 13.1. The van der Waals surface area contributed by atoms with Crippen LogP contribution in [-0.2, 0) is 0 Å². The molecule has 5 aromatic rings. The van der Waals surface area contributed by atoms with E-state index in [-0.39, 0.29) is 5.91 Å². The first-order valence-electron chi connectivity index (χ1n) is 10.8. The summed E-state index contributed by atoms with van der Waals surface area (Å²) < 4.78 is 0. The van der Waals surface area contributed by atoms with E-state index in [1.165, 1.54) is 0 Å². The summed E-state index contributed by atoms with van der Waals surface area (Å²) in [7, 11) is 1.77. The Morgan fingerprint density at radius 1 is 0.824 bits per heavy atom. The van der Waals surface area contributed by atoms with Crippen LogP contribution in [0.2, 0.25) is 5.02 Å². The number of fused-ring (bicyclic) bond motifs is 1. The largest absolute Gasteiger partial charge is 0.324 e. The second-order valence-electron chi connectivity index (χ2n) is 7.83. The summed E-state index contributed by atoms with van der Waals surface area (Å²) in [5.41, 5.74) is 4.64. The van der Waals surface area contributed by atoms with E-state index in [0.29, 0.717) is 16.5 Å². The Morgan fingerprint density at radius 3 is 2.32 bits per heavy atom. The SMILES string of the molecule is CN(C(=O)c1cccc(Nc2nc(-c3ccccc3)c3cc(Cl)ccc3n2)c1)c1ccccc1. The molecule has 0 atom stereocenters. The van der Waals surface area contributed by atoms with Crippen LogP contribution in [0.5, 0.6) is 0 Å². The Bertz CT molecular complexity index is 1470. The number of anilines is 3. The third-order valence-corrected chi connectivity index (χ3v) is 5.75. The van der Waals surface area contributed by atoms with Crippen LogP contribution in [0.25, 0.3) is 22.2 Å². The molecule has 1 heterocycles. The maximum Gasteiger partial charge on any atom is 0.258 e. The highest BCUT2D eigenvalue weighted by atomic mass is 35.5. The molecular formula is C28H21ClN4O. The van der Waals surface area contributed by atoms with Crippen molar-refractivity contribution < 1.29 is 4.79 Å². The zero-order chi connectivity index (χ0) is 23.5. The van der Waals surface area contributed by atoms with Gasteiger partial charge in [-0.3, -0.25) is 4.79 Å². The fraction of sp³-hybridized carbons (Fsp3) is 0.0357. The molecule has 34 heavy (non-hydrogen) atoms. The fourth-order valence-electron chi connectivity index (χ4n) is 3.79. The highest BCUT2D eigenvalue weighted by Gasteiger charge is 2.15. The molecule has 0 aliphatic heterocycles. The van der Waals surface area contributed by atoms with Gasteiger partial charge in [0.15, 0.2) is 0 Å². The molecule has 5 nitrogen and oxygen atoms in total. The summed E-state index contributed by atoms with van der Waals surface area (Å²) in [6.07, 6.45) is 0. The Labute approximate surface area is 202 Å². The van der Waals surface area contributed by atoms with E-state index < -0.39 is 0 Å². The number of nitrogens with zero attached hydrogens (tertiary/aromatic N) is 3. The molecule has 0 radical (unpaired) electrons. The van der Waals surface area contributed by atoms with Gasteiger partial charge in [0.25, 0.3) is 5.91 Å². The smallest absolute Gasteiger partial charge is 0.258 e. The number of aromatic nitrogens is 2. The van der Waals surface area contributed by atoms with Crippen molar-refractivity contribution in [2.45, 2.75) is 0 Å². The van der Waals surface area contributed by atoms with Crippen molar-refractivity contribution in [3.05, 3.63) is 114 Å². The number of hydrogen-bond donors (Lipinski definition) is 1. The van der Waals surface area contributed by atoms with E-state index >= 15 is 0 Å². The number of amides is 1. The van der Waals surface area contributed by atoms with E-state index in [0.717, 1.165) is 33.5 Å². The minimum atomic E-state index is -0.103. The summed E-state index contributed by atoms with van der Waals surface area (Å²) >= 11 is 6.26. The quantitative estimate of drug-likeness (QED) is 0.305. The van der Waals surface area contributed by atoms with E-state index in [2.05, 4.69) is 10.3 Å². The topological polar surface area (TPSA) is 58.1 Å². The van der Waals surface area contributed by atoms with Crippen molar-refractivity contribution in [3.63, 3.8) is 0 Å². The monoisotopic (exact) mass is 464 g/mol. The van der Waals surface area contributed by atoms with Crippen molar-refractivity contribution in [2.75, 3.05) is 17.3 Å². The molecule has 4 aromatic carbocycles. The molecular weight excluding hydrogens is 444 g/mol. The van der Waals surface area contributed by atoms with Crippen molar-refractivity contribution >= 4 is 45.7 Å². The predicted octanol–water partition coefficient (Wildman–Crippen LogP) is 6.97. The molecule has 5 rings (SSSR count). The second-order valence-corrected chi connectivity index (χ2v) is 8.27. The fourth-order valence-corrected chi connectivity index (χ4v) is 3.97. The van der Waals surface area contributed by atoms with Gasteiger partial charge in [0.1, 0.15) is 0 Å². The van der Waals surface area contributed by atoms with Crippen LogP contribution in [-0.4, -0.2) is 22.9 Å². The van der Waals surface area contributed by atoms with Crippen LogP contribution in [0.15, 0.2) is 103 Å². The zero-order valence-corrected chi connectivity index (χ0v) is 19.2. The van der Waals surface area contributed by atoms with Gasteiger partial charge in [-0.25, -0.2) is 9.97 Å². The molecule has 0 fully saturated rings. The standard InChI is InChI=1S/C28H21ClN4O/c1-33(23-13-6-3-7-14-23)27(34)20-11-8-12-22(17-20)30-28-31-25-16-15-21(29)18-24(25)26(32-28)19-9-4-2-5-10-19/h2-18H,1H3,(H,30,31,32). The number of para-hydroxylation sites is 1. The van der Waals surface area contributed by atoms with Crippen molar-refractivity contribution in [1.82, 2.24) is 9.97 Å². The summed E-state index contributed by atoms with van der Waals surface area (Å²) in [4.78, 5) is 24.1. The zero-order valence-electron chi connectivity index (χ0n) is 18.4. The molecule has 0 saturated heterocycles. The molecule has 0 saturated carbocycles. The van der Waals surface area contributed by atoms with Crippen molar-refractivity contribution in [1.29, 1.82) is 0 Å². The Kier molecular flexibility index (Phi) is 5.93. The van der Waals surface area contributed by atoms with Gasteiger partial charge in [-0.2, -0.15) is 0 Å². The van der Waals surface area contributed by atoms with E-state index in [1.54, 1.807) is 24.1 Å². The average Bonchev–Trinajstić information content (AvgIpc) is 2.89. The first-order chi connectivity index (χ1) is 16.6. The average molecular weight is 465 g/mol. The number of carbonyl (C=O) groups is 1. The molecule has 0 spiro atoms. The lowest BCUT2D eigenvalue weighted by Crippen LogP contribution is -2.26. The summed E-state index contributed by atoms with van der Waals surface area (Å²) in [6.45, 7) is 0. The molecule has 166 valence electrons. The van der Waals surface area contributed by atoms with Gasteiger partial charge in [-0.1, -0.05) is 66.2 Å². The lowest BCUT2D eigenvalue weighted by atomic mass is 10.1. The van der Waals surface area contributed by atoms with Crippen LogP contribution < -0.4 is 10.2 Å². The minimum Gasteiger partial charge on any atom is -0.324 e. The summed E-state index contributed by atoms with van der Waals surface area (Å²) in [5.74, 6) is 0.337. The highest BCUT2D eigenvalue weighted by Crippen LogP contribution is 2.30. The maximum absolute atomic E-state index is 13.1. The minimum absolute atomic E-state index is 0.103. The third-order valence-electron chi connectivity index (χ3n) is 5.52. The van der Waals surface area contributed by atoms with E-state index in [1.807, 2.05) is 91.0 Å². The van der Waals surface area contributed by atoms with E-state index in [4.69, 9.17) is 16.6 Å². The number of nitrogens with one attached hydrogen (secondary N) is 1. The molecule has 1 aromatic heterocycles. The summed E-state index contributed by atoms with van der Waals surface area (Å²) in [6, 6.07) is 32.4. The van der Waals surface area contributed by atoms with Gasteiger partial charge < -0.3 is 10.2 Å². The van der Waals surface area contributed by atoms with Crippen molar-refractivity contribution in [2.24, 2.45) is 0 Å². The van der Waals surface area contributed by atoms with E-state index in [9.17, 15) is 4.79 Å². The lowest BCUT2D eigenvalue weighted by molar-refractivity contribution is 0.0993. The highest BCUT2D eigenvalue weighted by molar-refractivity contribution is 6.31. The van der Waals surface area contributed by atoms with Crippen LogP contribution in [0.3, 0.4) is 0 Å². The van der Waals surface area contributed by atoms with Gasteiger partial charge in [-0.15, -0.1) is 0 Å². The first-order valence-corrected chi connectivity index (χ1v) is 11.2. The van der Waals surface area contributed by atoms with Crippen LogP contribution >= 0.6 is 11.6 Å². The number of benzene rings is 4. The second kappa shape index (κ2) is 9.33. The van der Waals surface area contributed by atoms with Crippen LogP contribution in [0.4, 0.5) is 17.3 Å². The van der Waals surface area contributed by atoms with Gasteiger partial charge in [0.2, 0.25) is 5.95 Å².